The van der Waals surface area contributed by atoms with Crippen molar-refractivity contribution in [1.82, 2.24) is 16.0 Å². The van der Waals surface area contributed by atoms with E-state index in [2.05, 4.69) is 16.0 Å². The molecule has 7 heteroatoms. The smallest absolute Gasteiger partial charge is 0.258 e. The number of carbonyl (C=O) groups excluding carboxylic acids is 3. The highest BCUT2D eigenvalue weighted by atomic mass is 16.5. The largest absolute Gasteiger partial charge is 0.484 e. The maximum atomic E-state index is 12.3. The van der Waals surface area contributed by atoms with Gasteiger partial charge >= 0.3 is 0 Å². The number of carbonyl (C=O) groups is 3. The number of rotatable bonds is 11. The molecule has 1 saturated carbocycles. The molecule has 0 radical (unpaired) electrons. The van der Waals surface area contributed by atoms with Crippen molar-refractivity contribution >= 4 is 17.7 Å². The molecule has 7 nitrogen and oxygen atoms in total. The Morgan fingerprint density at radius 2 is 1.46 bits per heavy atom. The highest BCUT2D eigenvalue weighted by Gasteiger charge is 2.23. The molecule has 3 aromatic rings. The van der Waals surface area contributed by atoms with Gasteiger partial charge in [0.1, 0.15) is 5.75 Å². The maximum Gasteiger partial charge on any atom is 0.258 e. The van der Waals surface area contributed by atoms with E-state index in [0.29, 0.717) is 30.3 Å². The zero-order valence-corrected chi connectivity index (χ0v) is 19.5. The Bertz CT molecular complexity index is 1140. The average molecular weight is 472 g/mol. The molecule has 0 bridgehead atoms. The molecule has 35 heavy (non-hydrogen) atoms. The molecule has 180 valence electrons. The number of hydrogen-bond acceptors (Lipinski definition) is 4. The summed E-state index contributed by atoms with van der Waals surface area (Å²) in [4.78, 5) is 36.1. The van der Waals surface area contributed by atoms with E-state index in [1.54, 1.807) is 12.1 Å². The van der Waals surface area contributed by atoms with Crippen LogP contribution in [0.15, 0.2) is 78.9 Å². The fraction of sp³-hybridized carbons (Fsp3) is 0.250. The lowest BCUT2D eigenvalue weighted by atomic mass is 10.0. The summed E-state index contributed by atoms with van der Waals surface area (Å²) in [6.07, 6.45) is 2.74. The third kappa shape index (κ3) is 7.71. The normalized spacial score (nSPS) is 12.5. The van der Waals surface area contributed by atoms with Crippen LogP contribution in [0, 0.1) is 0 Å². The first-order valence-electron chi connectivity index (χ1n) is 11.8. The summed E-state index contributed by atoms with van der Waals surface area (Å²) in [6.45, 7) is 0.369. The quantitative estimate of drug-likeness (QED) is 0.400. The lowest BCUT2D eigenvalue weighted by Crippen LogP contribution is -2.37. The molecule has 0 aliphatic heterocycles. The Hall–Kier alpha value is -4.13. The molecule has 0 spiro atoms. The summed E-state index contributed by atoms with van der Waals surface area (Å²) in [6, 6.07) is 25.0. The van der Waals surface area contributed by atoms with Gasteiger partial charge in [-0.2, -0.15) is 0 Å². The molecule has 0 heterocycles. The molecule has 1 aliphatic carbocycles. The van der Waals surface area contributed by atoms with E-state index >= 15 is 0 Å². The van der Waals surface area contributed by atoms with Gasteiger partial charge in [-0.1, -0.05) is 54.6 Å². The molecule has 3 aromatic carbocycles. The third-order valence-corrected chi connectivity index (χ3v) is 5.64. The van der Waals surface area contributed by atoms with Crippen LogP contribution in [0.5, 0.6) is 5.75 Å². The van der Waals surface area contributed by atoms with Crippen LogP contribution >= 0.6 is 0 Å². The first-order chi connectivity index (χ1) is 17.1. The summed E-state index contributed by atoms with van der Waals surface area (Å²) in [5.74, 6) is -0.0131. The van der Waals surface area contributed by atoms with Crippen LogP contribution in [0.1, 0.15) is 28.8 Å². The van der Waals surface area contributed by atoms with Gasteiger partial charge in [0.25, 0.3) is 11.8 Å². The van der Waals surface area contributed by atoms with Gasteiger partial charge in [-0.25, -0.2) is 0 Å². The number of amides is 3. The fourth-order valence-corrected chi connectivity index (χ4v) is 3.51. The van der Waals surface area contributed by atoms with E-state index in [9.17, 15) is 14.4 Å². The predicted molar refractivity (Wildman–Crippen MR) is 134 cm³/mol. The first-order valence-corrected chi connectivity index (χ1v) is 11.8. The first kappa shape index (κ1) is 24.0. The maximum absolute atomic E-state index is 12.3. The second kappa shape index (κ2) is 11.8. The van der Waals surface area contributed by atoms with Crippen molar-refractivity contribution in [3.8, 4) is 16.9 Å². The van der Waals surface area contributed by atoms with E-state index in [4.69, 9.17) is 4.74 Å². The van der Waals surface area contributed by atoms with Crippen molar-refractivity contribution in [2.24, 2.45) is 0 Å². The summed E-state index contributed by atoms with van der Waals surface area (Å²) < 4.78 is 5.49. The number of benzene rings is 3. The molecule has 0 atom stereocenters. The zero-order valence-electron chi connectivity index (χ0n) is 19.5. The molecule has 4 rings (SSSR count). The topological polar surface area (TPSA) is 96.5 Å². The molecule has 0 aromatic heterocycles. The van der Waals surface area contributed by atoms with Crippen molar-refractivity contribution in [3.63, 3.8) is 0 Å². The monoisotopic (exact) mass is 471 g/mol. The Labute approximate surface area is 204 Å². The van der Waals surface area contributed by atoms with Gasteiger partial charge in [0, 0.05) is 18.2 Å². The summed E-state index contributed by atoms with van der Waals surface area (Å²) in [5.41, 5.74) is 3.64. The van der Waals surface area contributed by atoms with Crippen LogP contribution in [0.3, 0.4) is 0 Å². The Balaban J connectivity index is 1.13. The van der Waals surface area contributed by atoms with Crippen molar-refractivity contribution in [3.05, 3.63) is 90.0 Å². The molecular weight excluding hydrogens is 442 g/mol. The van der Waals surface area contributed by atoms with E-state index in [-0.39, 0.29) is 30.9 Å². The molecule has 0 saturated heterocycles. The van der Waals surface area contributed by atoms with Gasteiger partial charge < -0.3 is 20.7 Å². The molecule has 0 unspecified atom stereocenters. The Morgan fingerprint density at radius 1 is 0.771 bits per heavy atom. The molecular formula is C28H29N3O4. The van der Waals surface area contributed by atoms with E-state index in [1.807, 2.05) is 66.7 Å². The van der Waals surface area contributed by atoms with Crippen LogP contribution in [0.2, 0.25) is 0 Å². The zero-order chi connectivity index (χ0) is 24.5. The van der Waals surface area contributed by atoms with Crippen LogP contribution < -0.4 is 20.7 Å². The summed E-state index contributed by atoms with van der Waals surface area (Å²) in [5, 5.41) is 8.34. The van der Waals surface area contributed by atoms with Crippen LogP contribution in [0.4, 0.5) is 0 Å². The van der Waals surface area contributed by atoms with Crippen LogP contribution in [0.25, 0.3) is 11.1 Å². The highest BCUT2D eigenvalue weighted by Crippen LogP contribution is 2.19. The Kier molecular flexibility index (Phi) is 8.12. The lowest BCUT2D eigenvalue weighted by molar-refractivity contribution is -0.123. The summed E-state index contributed by atoms with van der Waals surface area (Å²) in [7, 11) is 0. The van der Waals surface area contributed by atoms with Gasteiger partial charge in [0.05, 0.1) is 6.54 Å². The second-order valence-electron chi connectivity index (χ2n) is 8.50. The van der Waals surface area contributed by atoms with E-state index in [0.717, 1.165) is 29.5 Å². The van der Waals surface area contributed by atoms with Gasteiger partial charge in [-0.15, -0.1) is 0 Å². The van der Waals surface area contributed by atoms with Crippen LogP contribution in [-0.4, -0.2) is 43.5 Å². The fourth-order valence-electron chi connectivity index (χ4n) is 3.51. The highest BCUT2D eigenvalue weighted by molar-refractivity contribution is 5.96. The Morgan fingerprint density at radius 3 is 2.14 bits per heavy atom. The molecule has 1 aliphatic rings. The lowest BCUT2D eigenvalue weighted by Gasteiger charge is -2.09. The third-order valence-electron chi connectivity index (χ3n) is 5.64. The van der Waals surface area contributed by atoms with E-state index in [1.165, 1.54) is 0 Å². The van der Waals surface area contributed by atoms with Crippen LogP contribution in [-0.2, 0) is 16.0 Å². The van der Waals surface area contributed by atoms with Gasteiger partial charge in [-0.05, 0) is 60.2 Å². The number of hydrogen-bond donors (Lipinski definition) is 3. The minimum Gasteiger partial charge on any atom is -0.484 e. The van der Waals surface area contributed by atoms with Gasteiger partial charge in [0.15, 0.2) is 6.61 Å². The minimum absolute atomic E-state index is 0.00872. The van der Waals surface area contributed by atoms with E-state index < -0.39 is 0 Å². The number of nitrogens with one attached hydrogen (secondary N) is 3. The van der Waals surface area contributed by atoms with Crippen molar-refractivity contribution in [2.75, 3.05) is 19.7 Å². The number of ether oxygens (including phenoxy) is 1. The summed E-state index contributed by atoms with van der Waals surface area (Å²) >= 11 is 0. The molecule has 3 N–H and O–H groups in total. The average Bonchev–Trinajstić information content (AvgIpc) is 3.71. The predicted octanol–water partition coefficient (Wildman–Crippen LogP) is 3.10. The molecule has 3 amide bonds. The van der Waals surface area contributed by atoms with Crippen molar-refractivity contribution in [1.29, 1.82) is 0 Å². The van der Waals surface area contributed by atoms with Gasteiger partial charge in [0.2, 0.25) is 5.91 Å². The standard InChI is InChI=1S/C28H29N3O4/c32-26(18-30-28(34)23-10-8-22(9-11-23)21-4-2-1-3-5-21)29-17-16-20-6-14-25(15-7-20)35-19-27(33)31-24-12-13-24/h1-11,14-15,24H,12-13,16-19H2,(H,29,32)(H,30,34)(H,31,33). The van der Waals surface area contributed by atoms with Crippen molar-refractivity contribution < 1.29 is 19.1 Å². The molecule has 1 fully saturated rings. The van der Waals surface area contributed by atoms with Gasteiger partial charge in [-0.3, -0.25) is 14.4 Å². The SMILES string of the molecule is O=C(CNC(=O)c1ccc(-c2ccccc2)cc1)NCCc1ccc(OCC(=O)NC2CC2)cc1. The van der Waals surface area contributed by atoms with Crippen molar-refractivity contribution in [2.45, 2.75) is 25.3 Å². The minimum atomic E-state index is -0.291. The second-order valence-corrected chi connectivity index (χ2v) is 8.50.